The van der Waals surface area contributed by atoms with Crippen molar-refractivity contribution in [2.24, 2.45) is 4.99 Å². The lowest BCUT2D eigenvalue weighted by atomic mass is 9.82. The van der Waals surface area contributed by atoms with E-state index in [0.29, 0.717) is 0 Å². The predicted molar refractivity (Wildman–Crippen MR) is 211 cm³/mol. The molecule has 7 aromatic rings. The minimum absolute atomic E-state index is 0.0542. The lowest BCUT2D eigenvalue weighted by Crippen LogP contribution is -2.28. The maximum absolute atomic E-state index is 5.27. The van der Waals surface area contributed by atoms with Gasteiger partial charge in [-0.15, -0.1) is 0 Å². The molecule has 2 aliphatic heterocycles. The number of hydrogen-bond acceptors (Lipinski definition) is 2. The monoisotopic (exact) mass is 653 g/mol. The third-order valence-electron chi connectivity index (χ3n) is 11.6. The highest BCUT2D eigenvalue weighted by molar-refractivity contribution is 6.12. The summed E-state index contributed by atoms with van der Waals surface area (Å²) in [5.74, 6) is 1.05. The first-order chi connectivity index (χ1) is 25.0. The minimum Gasteiger partial charge on any atom is -0.309 e. The molecule has 1 aromatic heterocycles. The van der Waals surface area contributed by atoms with Gasteiger partial charge in [0.05, 0.1) is 17.1 Å². The fourth-order valence-corrected chi connectivity index (χ4v) is 9.09. The van der Waals surface area contributed by atoms with Crippen LogP contribution in [0.2, 0.25) is 0 Å². The lowest BCUT2D eigenvalue weighted by Gasteiger charge is -2.29. The Balaban J connectivity index is 0.989. The van der Waals surface area contributed by atoms with E-state index in [-0.39, 0.29) is 11.5 Å². The van der Waals surface area contributed by atoms with Gasteiger partial charge in [-0.25, -0.2) is 0 Å². The molecular weight excluding hydrogens is 619 g/mol. The molecule has 3 nitrogen and oxygen atoms in total. The second-order valence-corrected chi connectivity index (χ2v) is 14.7. The van der Waals surface area contributed by atoms with E-state index >= 15 is 0 Å². The van der Waals surface area contributed by atoms with E-state index < -0.39 is 0 Å². The Kier molecular flexibility index (Phi) is 5.85. The lowest BCUT2D eigenvalue weighted by molar-refractivity contribution is 0.644. The Hall–Kier alpha value is -6.19. The van der Waals surface area contributed by atoms with Gasteiger partial charge in [0.25, 0.3) is 0 Å². The van der Waals surface area contributed by atoms with Gasteiger partial charge in [0.1, 0.15) is 5.84 Å². The van der Waals surface area contributed by atoms with Crippen molar-refractivity contribution in [2.45, 2.75) is 31.7 Å². The fraction of sp³-hybridized carbons (Fsp3) is 0.104. The summed E-state index contributed by atoms with van der Waals surface area (Å²) >= 11 is 0. The maximum atomic E-state index is 5.27. The van der Waals surface area contributed by atoms with Crippen LogP contribution in [0.15, 0.2) is 169 Å². The van der Waals surface area contributed by atoms with Crippen molar-refractivity contribution in [3.05, 3.63) is 197 Å². The Bertz CT molecular complexity index is 2730. The average molecular weight is 654 g/mol. The largest absolute Gasteiger partial charge is 0.309 e. The zero-order chi connectivity index (χ0) is 33.8. The Morgan fingerprint density at radius 2 is 1.33 bits per heavy atom. The Morgan fingerprint density at radius 1 is 0.608 bits per heavy atom. The van der Waals surface area contributed by atoms with Crippen molar-refractivity contribution < 1.29 is 0 Å². The van der Waals surface area contributed by atoms with Crippen molar-refractivity contribution in [2.75, 3.05) is 0 Å². The molecule has 0 radical (unpaired) electrons. The molecule has 0 amide bonds. The third-order valence-corrected chi connectivity index (χ3v) is 11.6. The van der Waals surface area contributed by atoms with Gasteiger partial charge >= 0.3 is 0 Å². The molecule has 242 valence electrons. The molecule has 11 rings (SSSR count). The highest BCUT2D eigenvalue weighted by Crippen LogP contribution is 2.51. The first-order valence-corrected chi connectivity index (χ1v) is 18.0. The van der Waals surface area contributed by atoms with Crippen molar-refractivity contribution in [3.63, 3.8) is 0 Å². The van der Waals surface area contributed by atoms with Gasteiger partial charge in [0.2, 0.25) is 0 Å². The van der Waals surface area contributed by atoms with Gasteiger partial charge in [-0.1, -0.05) is 129 Å². The molecule has 51 heavy (non-hydrogen) atoms. The van der Waals surface area contributed by atoms with Crippen LogP contribution in [0.25, 0.3) is 49.8 Å². The zero-order valence-corrected chi connectivity index (χ0v) is 28.6. The molecule has 4 aliphatic rings. The maximum Gasteiger partial charge on any atom is 0.140 e. The standard InChI is InChI=1S/C48H35N3/c1-48(2)41-18-10-8-15-35(41)38-27-39-36-16-9-11-19-44(36)51(45(39)28-42(38)48)33-23-20-30(21-24-33)32-22-25-43-46(26-32)50-29-40(31-12-4-3-5-13-31)34-14-6-7-17-37(34)47(50)49-43/h3-24,26-29,43H,25H2,1-2H3. The van der Waals surface area contributed by atoms with Crippen molar-refractivity contribution in [1.82, 2.24) is 9.47 Å². The van der Waals surface area contributed by atoms with E-state index in [0.717, 1.165) is 12.3 Å². The van der Waals surface area contributed by atoms with E-state index in [4.69, 9.17) is 4.99 Å². The molecule has 3 heteroatoms. The minimum atomic E-state index is -0.0542. The number of para-hydroxylation sites is 1. The number of amidine groups is 1. The van der Waals surface area contributed by atoms with Crippen LogP contribution >= 0.6 is 0 Å². The average Bonchev–Trinajstić information content (AvgIpc) is 3.79. The normalized spacial score (nSPS) is 17.9. The number of benzene rings is 6. The van der Waals surface area contributed by atoms with E-state index in [1.165, 1.54) is 88.8 Å². The Labute approximate surface area is 297 Å². The molecule has 0 saturated carbocycles. The van der Waals surface area contributed by atoms with Gasteiger partial charge in [0.15, 0.2) is 0 Å². The van der Waals surface area contributed by atoms with E-state index in [9.17, 15) is 0 Å². The van der Waals surface area contributed by atoms with Crippen LogP contribution < -0.4 is 0 Å². The summed E-state index contributed by atoms with van der Waals surface area (Å²) in [6.45, 7) is 4.73. The van der Waals surface area contributed by atoms with Crippen molar-refractivity contribution in [3.8, 4) is 16.8 Å². The highest BCUT2D eigenvalue weighted by Gasteiger charge is 2.37. The third kappa shape index (κ3) is 4.03. The van der Waals surface area contributed by atoms with E-state index in [1.54, 1.807) is 0 Å². The zero-order valence-electron chi connectivity index (χ0n) is 28.6. The predicted octanol–water partition coefficient (Wildman–Crippen LogP) is 11.3. The van der Waals surface area contributed by atoms with Gasteiger partial charge in [-0.2, -0.15) is 0 Å². The molecule has 2 aliphatic carbocycles. The molecule has 6 aromatic carbocycles. The SMILES string of the molecule is CC1(C)c2ccccc2-c2cc3c4ccccc4n(-c4ccc(C5=CCC6N=C7c8ccccc8C(c8ccccc8)=CN7C6=C5)cc4)c3cc21. The number of fused-ring (bicyclic) bond motifs is 11. The van der Waals surface area contributed by atoms with Crippen LogP contribution in [-0.2, 0) is 5.41 Å². The van der Waals surface area contributed by atoms with Gasteiger partial charge in [0, 0.05) is 44.9 Å². The summed E-state index contributed by atoms with van der Waals surface area (Å²) in [6, 6.07) is 51.3. The van der Waals surface area contributed by atoms with Crippen molar-refractivity contribution >= 4 is 38.8 Å². The second-order valence-electron chi connectivity index (χ2n) is 14.7. The first-order valence-electron chi connectivity index (χ1n) is 18.0. The molecule has 0 fully saturated rings. The molecule has 0 bridgehead atoms. The summed E-state index contributed by atoms with van der Waals surface area (Å²) in [4.78, 5) is 7.61. The number of hydrogen-bond donors (Lipinski definition) is 0. The first kappa shape index (κ1) is 28.6. The smallest absolute Gasteiger partial charge is 0.140 e. The van der Waals surface area contributed by atoms with Crippen LogP contribution in [0.4, 0.5) is 0 Å². The Morgan fingerprint density at radius 3 is 2.18 bits per heavy atom. The summed E-state index contributed by atoms with van der Waals surface area (Å²) in [7, 11) is 0. The van der Waals surface area contributed by atoms with Gasteiger partial charge in [-0.3, -0.25) is 4.99 Å². The van der Waals surface area contributed by atoms with Crippen LogP contribution in [0, 0.1) is 0 Å². The molecule has 0 spiro atoms. The van der Waals surface area contributed by atoms with Crippen LogP contribution in [0.5, 0.6) is 0 Å². The second kappa shape index (κ2) is 10.4. The van der Waals surface area contributed by atoms with Crippen LogP contribution in [0.1, 0.15) is 53.6 Å². The van der Waals surface area contributed by atoms with Crippen molar-refractivity contribution in [1.29, 1.82) is 0 Å². The van der Waals surface area contributed by atoms with Gasteiger partial charge < -0.3 is 9.47 Å². The number of aromatic nitrogens is 1. The molecular formula is C48H35N3. The molecule has 0 N–H and O–H groups in total. The van der Waals surface area contributed by atoms with E-state index in [2.05, 4.69) is 181 Å². The quantitative estimate of drug-likeness (QED) is 0.186. The van der Waals surface area contributed by atoms with Gasteiger partial charge in [-0.05, 0) is 87.3 Å². The summed E-state index contributed by atoms with van der Waals surface area (Å²) in [6.07, 6.45) is 7.90. The number of allylic oxidation sites excluding steroid dienone is 2. The molecule has 1 atom stereocenters. The molecule has 0 saturated heterocycles. The number of aliphatic imine (C=N–C) groups is 1. The highest BCUT2D eigenvalue weighted by atomic mass is 15.3. The van der Waals surface area contributed by atoms with Crippen LogP contribution in [-0.4, -0.2) is 21.3 Å². The van der Waals surface area contributed by atoms with E-state index in [1.807, 2.05) is 0 Å². The number of rotatable bonds is 3. The summed E-state index contributed by atoms with van der Waals surface area (Å²) in [5.41, 5.74) is 17.7. The molecule has 3 heterocycles. The summed E-state index contributed by atoms with van der Waals surface area (Å²) < 4.78 is 2.45. The number of nitrogens with zero attached hydrogens (tertiary/aromatic N) is 3. The topological polar surface area (TPSA) is 20.5 Å². The molecule has 1 unspecified atom stereocenters. The van der Waals surface area contributed by atoms with Crippen LogP contribution in [0.3, 0.4) is 0 Å². The fourth-order valence-electron chi connectivity index (χ4n) is 9.09. The summed E-state index contributed by atoms with van der Waals surface area (Å²) in [5, 5.41) is 2.59.